The Morgan fingerprint density at radius 1 is 1.22 bits per heavy atom. The van der Waals surface area contributed by atoms with E-state index >= 15 is 0 Å². The van der Waals surface area contributed by atoms with Gasteiger partial charge in [-0.3, -0.25) is 14.2 Å². The van der Waals surface area contributed by atoms with Crippen molar-refractivity contribution in [1.29, 1.82) is 0 Å². The lowest BCUT2D eigenvalue weighted by Gasteiger charge is -2.16. The molecule has 6 nitrogen and oxygen atoms in total. The zero-order chi connectivity index (χ0) is 22.2. The molecule has 1 aromatic carbocycles. The summed E-state index contributed by atoms with van der Waals surface area (Å²) < 4.78 is 1.62. The fourth-order valence-electron chi connectivity index (χ4n) is 3.83. The van der Waals surface area contributed by atoms with E-state index < -0.39 is 5.25 Å². The van der Waals surface area contributed by atoms with Gasteiger partial charge in [-0.05, 0) is 56.0 Å². The average molecular weight is 483 g/mol. The highest BCUT2D eigenvalue weighted by Crippen LogP contribution is 2.36. The predicted octanol–water partition coefficient (Wildman–Crippen LogP) is 5.10. The molecular formula is C23H19ClN4O2S2. The number of hydrogen-bond donors (Lipinski definition) is 1. The molecule has 1 N–H and O–H groups in total. The van der Waals surface area contributed by atoms with Crippen molar-refractivity contribution in [1.82, 2.24) is 14.5 Å². The number of nitrogens with zero attached hydrogens (tertiary/aromatic N) is 3. The Morgan fingerprint density at radius 3 is 2.81 bits per heavy atom. The van der Waals surface area contributed by atoms with Gasteiger partial charge in [-0.2, -0.15) is 0 Å². The normalized spacial score (nSPS) is 13.8. The van der Waals surface area contributed by atoms with Gasteiger partial charge in [0.25, 0.3) is 5.56 Å². The van der Waals surface area contributed by atoms with Crippen molar-refractivity contribution in [3.63, 3.8) is 0 Å². The molecule has 9 heteroatoms. The standard InChI is InChI=1S/C23H19ClN4O2S2/c1-13(20(29)26-16-10-6-12-25-19(16)24)31-23-27-21-18(15-9-5-11-17(15)32-21)22(30)28(23)14-7-3-2-4-8-14/h2-4,6-8,10,12-13H,5,9,11H2,1H3,(H,26,29). The number of thiophene rings is 1. The van der Waals surface area contributed by atoms with Gasteiger partial charge in [-0.1, -0.05) is 41.6 Å². The summed E-state index contributed by atoms with van der Waals surface area (Å²) in [6, 6.07) is 12.8. The van der Waals surface area contributed by atoms with Crippen LogP contribution < -0.4 is 10.9 Å². The first-order chi connectivity index (χ1) is 15.5. The Kier molecular flexibility index (Phi) is 5.75. The smallest absolute Gasteiger partial charge is 0.267 e. The summed E-state index contributed by atoms with van der Waals surface area (Å²) in [6.45, 7) is 1.78. The minimum Gasteiger partial charge on any atom is -0.322 e. The van der Waals surface area contributed by atoms with Crippen LogP contribution in [0.5, 0.6) is 0 Å². The lowest BCUT2D eigenvalue weighted by atomic mass is 10.2. The maximum atomic E-state index is 13.6. The number of benzene rings is 1. The van der Waals surface area contributed by atoms with E-state index in [1.54, 1.807) is 41.2 Å². The Morgan fingerprint density at radius 2 is 2.03 bits per heavy atom. The van der Waals surface area contributed by atoms with Gasteiger partial charge >= 0.3 is 0 Å². The summed E-state index contributed by atoms with van der Waals surface area (Å²) in [6.07, 6.45) is 4.55. The molecule has 3 aromatic heterocycles. The van der Waals surface area contributed by atoms with Gasteiger partial charge in [0.2, 0.25) is 5.91 Å². The van der Waals surface area contributed by atoms with E-state index in [9.17, 15) is 9.59 Å². The largest absolute Gasteiger partial charge is 0.322 e. The predicted molar refractivity (Wildman–Crippen MR) is 130 cm³/mol. The van der Waals surface area contributed by atoms with E-state index in [1.807, 2.05) is 30.3 Å². The number of thioether (sulfide) groups is 1. The number of para-hydroxylation sites is 1. The second-order valence-electron chi connectivity index (χ2n) is 7.50. The van der Waals surface area contributed by atoms with Crippen LogP contribution >= 0.6 is 34.7 Å². The number of anilines is 1. The molecule has 1 unspecified atom stereocenters. The zero-order valence-electron chi connectivity index (χ0n) is 17.2. The van der Waals surface area contributed by atoms with Crippen LogP contribution in [0.2, 0.25) is 5.15 Å². The van der Waals surface area contributed by atoms with Gasteiger partial charge in [-0.15, -0.1) is 11.3 Å². The third-order valence-corrected chi connectivity index (χ3v) is 7.93. The molecule has 0 aliphatic heterocycles. The first-order valence-electron chi connectivity index (χ1n) is 10.2. The average Bonchev–Trinajstić information content (AvgIpc) is 3.37. The molecular weight excluding hydrogens is 464 g/mol. The number of amides is 1. The summed E-state index contributed by atoms with van der Waals surface area (Å²) in [5, 5.41) is 3.73. The van der Waals surface area contributed by atoms with Crippen LogP contribution in [0.3, 0.4) is 0 Å². The molecule has 5 rings (SSSR count). The molecule has 162 valence electrons. The quantitative estimate of drug-likeness (QED) is 0.243. The number of rotatable bonds is 5. The van der Waals surface area contributed by atoms with Crippen LogP contribution in [0, 0.1) is 0 Å². The minimum atomic E-state index is -0.516. The molecule has 0 radical (unpaired) electrons. The molecule has 1 amide bonds. The number of pyridine rings is 1. The van der Waals surface area contributed by atoms with E-state index in [-0.39, 0.29) is 16.6 Å². The van der Waals surface area contributed by atoms with Crippen LogP contribution in [-0.2, 0) is 17.6 Å². The molecule has 1 aliphatic rings. The van der Waals surface area contributed by atoms with Crippen molar-refractivity contribution < 1.29 is 4.79 Å². The van der Waals surface area contributed by atoms with Crippen LogP contribution in [0.1, 0.15) is 23.8 Å². The molecule has 0 fully saturated rings. The van der Waals surface area contributed by atoms with Crippen molar-refractivity contribution in [2.75, 3.05) is 5.32 Å². The van der Waals surface area contributed by atoms with E-state index in [2.05, 4.69) is 10.3 Å². The van der Waals surface area contributed by atoms with E-state index in [1.165, 1.54) is 16.6 Å². The maximum Gasteiger partial charge on any atom is 0.267 e. The number of hydrogen-bond acceptors (Lipinski definition) is 6. The van der Waals surface area contributed by atoms with Crippen molar-refractivity contribution in [3.05, 3.63) is 74.6 Å². The molecule has 0 saturated carbocycles. The summed E-state index contributed by atoms with van der Waals surface area (Å²) in [5.74, 6) is -0.243. The number of aryl methyl sites for hydroxylation is 2. The maximum absolute atomic E-state index is 13.6. The van der Waals surface area contributed by atoms with Crippen LogP contribution in [0.4, 0.5) is 5.69 Å². The number of carbonyl (C=O) groups is 1. The van der Waals surface area contributed by atoms with Gasteiger partial charge in [0, 0.05) is 11.1 Å². The third kappa shape index (κ3) is 3.83. The lowest BCUT2D eigenvalue weighted by molar-refractivity contribution is -0.115. The SMILES string of the molecule is CC(Sc1nc2sc3c(c2c(=O)n1-c1ccccc1)CCC3)C(=O)Nc1cccnc1Cl. The highest BCUT2D eigenvalue weighted by atomic mass is 35.5. The van der Waals surface area contributed by atoms with Crippen LogP contribution in [0.25, 0.3) is 15.9 Å². The van der Waals surface area contributed by atoms with Gasteiger partial charge < -0.3 is 5.32 Å². The second-order valence-corrected chi connectivity index (χ2v) is 10.2. The van der Waals surface area contributed by atoms with Gasteiger partial charge in [0.15, 0.2) is 10.3 Å². The van der Waals surface area contributed by atoms with Gasteiger partial charge in [-0.25, -0.2) is 9.97 Å². The molecule has 4 aromatic rings. The zero-order valence-corrected chi connectivity index (χ0v) is 19.6. The summed E-state index contributed by atoms with van der Waals surface area (Å²) in [7, 11) is 0. The Labute approximate surface area is 197 Å². The number of halogens is 1. The van der Waals surface area contributed by atoms with Gasteiger partial charge in [0.1, 0.15) is 4.83 Å². The molecule has 3 heterocycles. The molecule has 0 spiro atoms. The number of nitrogens with one attached hydrogen (secondary N) is 1. The fraction of sp³-hybridized carbons (Fsp3) is 0.217. The Balaban J connectivity index is 1.55. The van der Waals surface area contributed by atoms with E-state index in [0.717, 1.165) is 40.7 Å². The number of fused-ring (bicyclic) bond motifs is 3. The van der Waals surface area contributed by atoms with E-state index in [0.29, 0.717) is 10.8 Å². The first kappa shape index (κ1) is 21.2. The Bertz CT molecular complexity index is 1380. The van der Waals surface area contributed by atoms with Crippen molar-refractivity contribution in [2.24, 2.45) is 0 Å². The summed E-state index contributed by atoms with van der Waals surface area (Å²) in [4.78, 5) is 37.3. The second kappa shape index (κ2) is 8.69. The lowest BCUT2D eigenvalue weighted by Crippen LogP contribution is -2.26. The topological polar surface area (TPSA) is 76.9 Å². The number of aromatic nitrogens is 3. The van der Waals surface area contributed by atoms with E-state index in [4.69, 9.17) is 16.6 Å². The highest BCUT2D eigenvalue weighted by Gasteiger charge is 2.26. The fourth-order valence-corrected chi connectivity index (χ4v) is 6.23. The molecule has 1 aliphatic carbocycles. The molecule has 0 bridgehead atoms. The van der Waals surface area contributed by atoms with Crippen molar-refractivity contribution in [2.45, 2.75) is 36.6 Å². The third-order valence-electron chi connectivity index (χ3n) is 5.39. The molecule has 0 saturated heterocycles. The van der Waals surface area contributed by atoms with Gasteiger partial charge in [0.05, 0.1) is 22.0 Å². The molecule has 32 heavy (non-hydrogen) atoms. The summed E-state index contributed by atoms with van der Waals surface area (Å²) >= 11 is 8.92. The first-order valence-corrected chi connectivity index (χ1v) is 12.3. The summed E-state index contributed by atoms with van der Waals surface area (Å²) in [5.41, 5.74) is 2.24. The van der Waals surface area contributed by atoms with Crippen LogP contribution in [0.15, 0.2) is 58.6 Å². The minimum absolute atomic E-state index is 0.0778. The number of carbonyl (C=O) groups excluding carboxylic acids is 1. The van der Waals surface area contributed by atoms with Crippen molar-refractivity contribution in [3.8, 4) is 5.69 Å². The Hall–Kier alpha value is -2.68. The monoisotopic (exact) mass is 482 g/mol. The highest BCUT2D eigenvalue weighted by molar-refractivity contribution is 8.00. The van der Waals surface area contributed by atoms with Crippen molar-refractivity contribution >= 4 is 56.5 Å². The van der Waals surface area contributed by atoms with Crippen LogP contribution in [-0.4, -0.2) is 25.7 Å². The molecule has 1 atom stereocenters.